The second-order valence-electron chi connectivity index (χ2n) is 7.40. The van der Waals surface area contributed by atoms with Gasteiger partial charge < -0.3 is 4.42 Å². The molecule has 28 heavy (non-hydrogen) atoms. The number of fused-ring (bicyclic) bond motifs is 1. The van der Waals surface area contributed by atoms with Gasteiger partial charge in [0.25, 0.3) is 11.8 Å². The Balaban J connectivity index is 1.38. The molecule has 0 radical (unpaired) electrons. The average Bonchev–Trinajstić information content (AvgIpc) is 3.26. The number of rotatable bonds is 3. The van der Waals surface area contributed by atoms with Crippen molar-refractivity contribution in [2.24, 2.45) is 28.8 Å². The number of amides is 2. The zero-order chi connectivity index (χ0) is 19.4. The van der Waals surface area contributed by atoms with Crippen molar-refractivity contribution in [3.05, 3.63) is 58.3 Å². The number of hydrogen-bond donors (Lipinski definition) is 0. The summed E-state index contributed by atoms with van der Waals surface area (Å²) in [6.07, 6.45) is 7.49. The zero-order valence-electron chi connectivity index (χ0n) is 14.7. The van der Waals surface area contributed by atoms with Crippen LogP contribution in [0.25, 0.3) is 11.3 Å². The van der Waals surface area contributed by atoms with Gasteiger partial charge >= 0.3 is 0 Å². The Hall–Kier alpha value is -2.37. The average molecular weight is 415 g/mol. The second-order valence-corrected chi connectivity index (χ2v) is 8.24. The van der Waals surface area contributed by atoms with E-state index in [1.807, 2.05) is 0 Å². The van der Waals surface area contributed by atoms with Gasteiger partial charge in [0.1, 0.15) is 11.5 Å². The zero-order valence-corrected chi connectivity index (χ0v) is 16.2. The summed E-state index contributed by atoms with van der Waals surface area (Å²) in [4.78, 5) is 25.5. The smallest absolute Gasteiger partial charge is 0.254 e. The van der Waals surface area contributed by atoms with E-state index in [9.17, 15) is 9.59 Å². The minimum Gasteiger partial charge on any atom is -0.455 e. The molecule has 0 N–H and O–H groups in total. The lowest BCUT2D eigenvalue weighted by molar-refractivity contribution is -0.140. The number of hydrazone groups is 1. The fraction of sp³-hybridized carbons (Fsp3) is 0.286. The predicted octanol–water partition coefficient (Wildman–Crippen LogP) is 4.78. The fourth-order valence-electron chi connectivity index (χ4n) is 4.54. The Morgan fingerprint density at radius 3 is 2.29 bits per heavy atom. The van der Waals surface area contributed by atoms with E-state index in [1.165, 1.54) is 6.21 Å². The quantitative estimate of drug-likeness (QED) is 0.412. The van der Waals surface area contributed by atoms with Crippen molar-refractivity contribution in [3.8, 4) is 11.3 Å². The molecule has 2 amide bonds. The van der Waals surface area contributed by atoms with Crippen LogP contribution in [0.1, 0.15) is 18.6 Å². The van der Waals surface area contributed by atoms with Crippen molar-refractivity contribution in [2.75, 3.05) is 0 Å². The van der Waals surface area contributed by atoms with Gasteiger partial charge in [0, 0.05) is 10.6 Å². The number of imide groups is 1. The van der Waals surface area contributed by atoms with E-state index in [1.54, 1.807) is 30.3 Å². The minimum absolute atomic E-state index is 0.147. The third-order valence-electron chi connectivity index (χ3n) is 5.86. The van der Waals surface area contributed by atoms with Gasteiger partial charge in [-0.15, -0.1) is 0 Å². The number of carbonyl (C=O) groups is 2. The normalized spacial score (nSPS) is 28.6. The summed E-state index contributed by atoms with van der Waals surface area (Å²) < 4.78 is 5.76. The summed E-state index contributed by atoms with van der Waals surface area (Å²) in [7, 11) is 0. The van der Waals surface area contributed by atoms with Crippen molar-refractivity contribution in [2.45, 2.75) is 12.8 Å². The van der Waals surface area contributed by atoms with Crippen molar-refractivity contribution in [3.63, 3.8) is 0 Å². The third kappa shape index (κ3) is 2.73. The van der Waals surface area contributed by atoms with Crippen LogP contribution in [-0.2, 0) is 9.59 Å². The van der Waals surface area contributed by atoms with Crippen LogP contribution in [0.15, 0.2) is 52.0 Å². The maximum atomic E-state index is 12.8. The number of nitrogens with zero attached hydrogens (tertiary/aromatic N) is 2. The third-order valence-corrected chi connectivity index (χ3v) is 6.41. The van der Waals surface area contributed by atoms with Crippen LogP contribution in [-0.4, -0.2) is 23.0 Å². The molecule has 1 aromatic carbocycles. The van der Waals surface area contributed by atoms with Crippen molar-refractivity contribution in [1.82, 2.24) is 5.01 Å². The summed E-state index contributed by atoms with van der Waals surface area (Å²) in [5.74, 6) is 0.316. The first-order valence-corrected chi connectivity index (χ1v) is 9.94. The molecule has 3 aliphatic carbocycles. The first kappa shape index (κ1) is 17.7. The minimum atomic E-state index is -0.270. The highest BCUT2D eigenvalue weighted by Gasteiger charge is 2.56. The Bertz CT molecular complexity index is 1010. The molecule has 2 heterocycles. The molecule has 6 rings (SSSR count). The lowest BCUT2D eigenvalue weighted by Gasteiger charge is -2.37. The van der Waals surface area contributed by atoms with Gasteiger partial charge in [-0.2, -0.15) is 10.1 Å². The van der Waals surface area contributed by atoms with Crippen LogP contribution >= 0.6 is 23.2 Å². The Kier molecular flexibility index (Phi) is 4.18. The first-order valence-electron chi connectivity index (χ1n) is 9.18. The molecular formula is C21H16Cl2N2O3. The molecule has 1 saturated heterocycles. The maximum Gasteiger partial charge on any atom is 0.254 e. The first-order chi connectivity index (χ1) is 13.5. The molecular weight excluding hydrogens is 399 g/mol. The lowest BCUT2D eigenvalue weighted by Crippen LogP contribution is -2.38. The Labute approximate surface area is 171 Å². The summed E-state index contributed by atoms with van der Waals surface area (Å²) in [6, 6.07) is 8.61. The topological polar surface area (TPSA) is 62.9 Å². The molecule has 4 atom stereocenters. The molecule has 5 nitrogen and oxygen atoms in total. The van der Waals surface area contributed by atoms with Crippen LogP contribution in [0.4, 0.5) is 0 Å². The fourth-order valence-corrected chi connectivity index (χ4v) is 5.04. The van der Waals surface area contributed by atoms with Gasteiger partial charge in [-0.3, -0.25) is 9.59 Å². The molecule has 0 unspecified atom stereocenters. The monoisotopic (exact) mass is 414 g/mol. The summed E-state index contributed by atoms with van der Waals surface area (Å²) in [5.41, 5.74) is 0.702. The molecule has 2 fully saturated rings. The van der Waals surface area contributed by atoms with Crippen LogP contribution in [0, 0.1) is 23.7 Å². The molecule has 1 saturated carbocycles. The van der Waals surface area contributed by atoms with Crippen molar-refractivity contribution >= 4 is 41.2 Å². The number of halogens is 2. The van der Waals surface area contributed by atoms with Crippen molar-refractivity contribution < 1.29 is 14.0 Å². The van der Waals surface area contributed by atoms with Gasteiger partial charge in [0.05, 0.1) is 23.1 Å². The summed E-state index contributed by atoms with van der Waals surface area (Å²) >= 11 is 12.1. The van der Waals surface area contributed by atoms with Crippen LogP contribution < -0.4 is 0 Å². The molecule has 2 aromatic rings. The largest absolute Gasteiger partial charge is 0.455 e. The highest BCUT2D eigenvalue weighted by molar-refractivity contribution is 6.36. The molecule has 4 aliphatic rings. The van der Waals surface area contributed by atoms with E-state index in [0.29, 0.717) is 27.1 Å². The number of benzene rings is 1. The van der Waals surface area contributed by atoms with E-state index in [0.717, 1.165) is 17.9 Å². The molecule has 0 spiro atoms. The number of carbonyl (C=O) groups excluding carboxylic acids is 2. The van der Waals surface area contributed by atoms with E-state index in [-0.39, 0.29) is 35.5 Å². The van der Waals surface area contributed by atoms with Gasteiger partial charge in [-0.1, -0.05) is 35.4 Å². The van der Waals surface area contributed by atoms with E-state index >= 15 is 0 Å². The van der Waals surface area contributed by atoms with E-state index < -0.39 is 0 Å². The Morgan fingerprint density at radius 2 is 1.68 bits per heavy atom. The highest BCUT2D eigenvalue weighted by Crippen LogP contribution is 2.49. The van der Waals surface area contributed by atoms with Gasteiger partial charge in [0.2, 0.25) is 0 Å². The molecule has 1 aromatic heterocycles. The Morgan fingerprint density at radius 1 is 1.00 bits per heavy atom. The second kappa shape index (κ2) is 6.61. The lowest BCUT2D eigenvalue weighted by atomic mass is 9.63. The van der Waals surface area contributed by atoms with Crippen LogP contribution in [0.3, 0.4) is 0 Å². The van der Waals surface area contributed by atoms with Gasteiger partial charge in [0.15, 0.2) is 0 Å². The van der Waals surface area contributed by atoms with Gasteiger partial charge in [-0.25, -0.2) is 0 Å². The van der Waals surface area contributed by atoms with Gasteiger partial charge in [-0.05, 0) is 55.0 Å². The number of allylic oxidation sites excluding steroid dienone is 2. The van der Waals surface area contributed by atoms with Crippen molar-refractivity contribution in [1.29, 1.82) is 0 Å². The molecule has 7 heteroatoms. The molecule has 1 aliphatic heterocycles. The van der Waals surface area contributed by atoms with Crippen LogP contribution in [0.2, 0.25) is 10.0 Å². The maximum absolute atomic E-state index is 12.8. The molecule has 2 bridgehead atoms. The predicted molar refractivity (Wildman–Crippen MR) is 106 cm³/mol. The van der Waals surface area contributed by atoms with Crippen LogP contribution in [0.5, 0.6) is 0 Å². The van der Waals surface area contributed by atoms with E-state index in [2.05, 4.69) is 17.3 Å². The summed E-state index contributed by atoms with van der Waals surface area (Å²) in [6.45, 7) is 0. The number of hydrogen-bond acceptors (Lipinski definition) is 4. The highest BCUT2D eigenvalue weighted by atomic mass is 35.5. The van der Waals surface area contributed by atoms with E-state index in [4.69, 9.17) is 27.6 Å². The summed E-state index contributed by atoms with van der Waals surface area (Å²) in [5, 5.41) is 6.19. The molecule has 142 valence electrons. The number of furan rings is 1. The standard InChI is InChI=1S/C21H16Cl2N2O3/c22-13-5-7-15(16(23)9-13)17-8-6-14(28-17)10-24-25-20(26)18-11-1-2-12(4-3-11)19(18)21(25)27/h1-2,5-12,18-19H,3-4H2/b24-10-/t11-,12-,18+,19+/m0/s1. The SMILES string of the molecule is O=C1[C@H]2[C@H](C(=O)N1/N=C\c1ccc(-c3ccc(Cl)cc3Cl)o1)[C@H]1C=C[C@H]2CC1.